The first-order chi connectivity index (χ1) is 16.2. The summed E-state index contributed by atoms with van der Waals surface area (Å²) < 4.78 is 1.78. The van der Waals surface area contributed by atoms with Gasteiger partial charge in [-0.15, -0.1) is 0 Å². The van der Waals surface area contributed by atoms with Crippen LogP contribution in [0.1, 0.15) is 55.8 Å². The van der Waals surface area contributed by atoms with Gasteiger partial charge < -0.3 is 5.32 Å². The molecule has 170 valence electrons. The molecule has 0 radical (unpaired) electrons. The van der Waals surface area contributed by atoms with E-state index in [1.165, 1.54) is 30.2 Å². The second-order valence-electron chi connectivity index (χ2n) is 8.92. The van der Waals surface area contributed by atoms with Crippen molar-refractivity contribution in [2.24, 2.45) is 0 Å². The molecule has 0 spiro atoms. The van der Waals surface area contributed by atoms with Gasteiger partial charge in [0, 0.05) is 12.6 Å². The molecular formula is C27H29N3O2S. The van der Waals surface area contributed by atoms with Crippen LogP contribution in [0.4, 0.5) is 0 Å². The fraction of sp³-hybridized carbons (Fsp3) is 0.370. The molecule has 1 amide bonds. The molecule has 1 aromatic heterocycles. The minimum atomic E-state index is -0.458. The Balaban J connectivity index is 1.51. The first-order valence-corrected chi connectivity index (χ1v) is 12.8. The first kappa shape index (κ1) is 22.0. The normalized spacial score (nSPS) is 16.9. The lowest BCUT2D eigenvalue weighted by Gasteiger charge is -2.20. The van der Waals surface area contributed by atoms with Gasteiger partial charge in [0.15, 0.2) is 5.16 Å². The lowest BCUT2D eigenvalue weighted by molar-refractivity contribution is -0.120. The van der Waals surface area contributed by atoms with Crippen LogP contribution in [0.3, 0.4) is 0 Å². The smallest absolute Gasteiger partial charge is 0.262 e. The number of amides is 1. The predicted octanol–water partition coefficient (Wildman–Crippen LogP) is 5.40. The third kappa shape index (κ3) is 5.22. The maximum absolute atomic E-state index is 13.5. The van der Waals surface area contributed by atoms with Gasteiger partial charge in [0.1, 0.15) is 5.25 Å². The van der Waals surface area contributed by atoms with Crippen LogP contribution < -0.4 is 10.9 Å². The number of aromatic nitrogens is 2. The largest absolute Gasteiger partial charge is 0.352 e. The van der Waals surface area contributed by atoms with E-state index in [9.17, 15) is 9.59 Å². The van der Waals surface area contributed by atoms with Crippen LogP contribution in [0.5, 0.6) is 0 Å². The van der Waals surface area contributed by atoms with E-state index in [1.807, 2.05) is 54.6 Å². The topological polar surface area (TPSA) is 64.0 Å². The Morgan fingerprint density at radius 2 is 1.88 bits per heavy atom. The average molecular weight is 460 g/mol. The van der Waals surface area contributed by atoms with E-state index in [-0.39, 0.29) is 17.5 Å². The highest BCUT2D eigenvalue weighted by atomic mass is 32.2. The van der Waals surface area contributed by atoms with Crippen molar-refractivity contribution < 1.29 is 4.79 Å². The molecule has 1 fully saturated rings. The van der Waals surface area contributed by atoms with E-state index in [2.05, 4.69) is 11.4 Å². The summed E-state index contributed by atoms with van der Waals surface area (Å²) in [5.74, 6) is -0.0161. The van der Waals surface area contributed by atoms with Crippen molar-refractivity contribution in [2.45, 2.75) is 67.9 Å². The Labute approximate surface area is 198 Å². The zero-order valence-electron chi connectivity index (χ0n) is 18.7. The zero-order valence-corrected chi connectivity index (χ0v) is 19.5. The molecule has 5 nitrogen and oxygen atoms in total. The van der Waals surface area contributed by atoms with Gasteiger partial charge in [-0.05, 0) is 62.6 Å². The molecule has 1 N–H and O–H groups in total. The highest BCUT2D eigenvalue weighted by Crippen LogP contribution is 2.36. The van der Waals surface area contributed by atoms with Crippen molar-refractivity contribution in [3.8, 4) is 0 Å². The van der Waals surface area contributed by atoms with Crippen LogP contribution in [-0.4, -0.2) is 21.5 Å². The molecule has 5 rings (SSSR count). The number of nitrogens with zero attached hydrogens (tertiary/aromatic N) is 2. The molecular weight excluding hydrogens is 430 g/mol. The molecule has 1 saturated carbocycles. The predicted molar refractivity (Wildman–Crippen MR) is 133 cm³/mol. The van der Waals surface area contributed by atoms with Gasteiger partial charge in [0.2, 0.25) is 5.91 Å². The lowest BCUT2D eigenvalue weighted by Crippen LogP contribution is -2.31. The Morgan fingerprint density at radius 1 is 1.09 bits per heavy atom. The third-order valence-electron chi connectivity index (χ3n) is 6.36. The summed E-state index contributed by atoms with van der Waals surface area (Å²) in [4.78, 5) is 31.6. The van der Waals surface area contributed by atoms with Crippen LogP contribution in [0.15, 0.2) is 76.2 Å². The number of carbonyl (C=O) groups is 1. The number of carbonyl (C=O) groups excluding carboxylic acids is 1. The van der Waals surface area contributed by atoms with E-state index in [0.717, 1.165) is 37.7 Å². The molecule has 0 aliphatic heterocycles. The number of nitrogens with one attached hydrogen (secondary N) is 1. The molecule has 0 saturated heterocycles. The Morgan fingerprint density at radius 3 is 2.64 bits per heavy atom. The van der Waals surface area contributed by atoms with Gasteiger partial charge in [-0.25, -0.2) is 4.98 Å². The SMILES string of the molecule is O=C(NC1CC1)C(Sc1nc2ccccc2c(=O)n1CCC1=CCCCC1)c1ccccc1. The van der Waals surface area contributed by atoms with Crippen molar-refractivity contribution in [1.29, 1.82) is 0 Å². The van der Waals surface area contributed by atoms with Gasteiger partial charge in [-0.3, -0.25) is 14.2 Å². The third-order valence-corrected chi connectivity index (χ3v) is 7.60. The molecule has 1 atom stereocenters. The van der Waals surface area contributed by atoms with E-state index in [1.54, 1.807) is 4.57 Å². The van der Waals surface area contributed by atoms with Gasteiger partial charge in [0.25, 0.3) is 5.56 Å². The maximum Gasteiger partial charge on any atom is 0.262 e. The summed E-state index contributed by atoms with van der Waals surface area (Å²) in [6, 6.07) is 17.5. The lowest BCUT2D eigenvalue weighted by atomic mass is 9.97. The summed E-state index contributed by atoms with van der Waals surface area (Å²) in [7, 11) is 0. The molecule has 2 aliphatic rings. The number of hydrogen-bond acceptors (Lipinski definition) is 4. The first-order valence-electron chi connectivity index (χ1n) is 11.9. The highest BCUT2D eigenvalue weighted by Gasteiger charge is 2.30. The minimum absolute atomic E-state index is 0.0161. The van der Waals surface area contributed by atoms with E-state index < -0.39 is 5.25 Å². The quantitative estimate of drug-likeness (QED) is 0.278. The van der Waals surface area contributed by atoms with Crippen molar-refractivity contribution in [1.82, 2.24) is 14.9 Å². The van der Waals surface area contributed by atoms with Gasteiger partial charge in [-0.2, -0.15) is 0 Å². The van der Waals surface area contributed by atoms with E-state index >= 15 is 0 Å². The fourth-order valence-electron chi connectivity index (χ4n) is 4.33. The summed E-state index contributed by atoms with van der Waals surface area (Å²) in [6.07, 6.45) is 9.93. The highest BCUT2D eigenvalue weighted by molar-refractivity contribution is 8.00. The standard InChI is InChI=1S/C27H29N3O2S/c31-25(28-21-15-16-21)24(20-11-5-2-6-12-20)33-27-29-23-14-8-7-13-22(23)26(32)30(27)18-17-19-9-3-1-4-10-19/h2,5-9,11-14,21,24H,1,3-4,10,15-18H2,(H,28,31). The summed E-state index contributed by atoms with van der Waals surface area (Å²) >= 11 is 1.38. The molecule has 3 aromatic rings. The van der Waals surface area contributed by atoms with E-state index in [4.69, 9.17) is 4.98 Å². The number of rotatable bonds is 8. The van der Waals surface area contributed by atoms with Crippen LogP contribution in [0.2, 0.25) is 0 Å². The number of hydrogen-bond donors (Lipinski definition) is 1. The molecule has 2 aliphatic carbocycles. The average Bonchev–Trinajstić information content (AvgIpc) is 3.67. The fourth-order valence-corrected chi connectivity index (χ4v) is 5.46. The second-order valence-corrected chi connectivity index (χ2v) is 9.99. The maximum atomic E-state index is 13.5. The molecule has 1 unspecified atom stereocenters. The summed E-state index contributed by atoms with van der Waals surface area (Å²) in [6.45, 7) is 0.580. The number of para-hydroxylation sites is 1. The van der Waals surface area contributed by atoms with Crippen LogP contribution >= 0.6 is 11.8 Å². The molecule has 2 aromatic carbocycles. The Hall–Kier alpha value is -2.86. The molecule has 6 heteroatoms. The van der Waals surface area contributed by atoms with Crippen molar-refractivity contribution >= 4 is 28.6 Å². The van der Waals surface area contributed by atoms with Crippen LogP contribution in [0.25, 0.3) is 10.9 Å². The molecule has 1 heterocycles. The van der Waals surface area contributed by atoms with Gasteiger partial charge >= 0.3 is 0 Å². The number of allylic oxidation sites excluding steroid dienone is 2. The van der Waals surface area contributed by atoms with Crippen LogP contribution in [-0.2, 0) is 11.3 Å². The minimum Gasteiger partial charge on any atom is -0.352 e. The van der Waals surface area contributed by atoms with Crippen molar-refractivity contribution in [2.75, 3.05) is 0 Å². The summed E-state index contributed by atoms with van der Waals surface area (Å²) in [5, 5.41) is 3.91. The molecule has 33 heavy (non-hydrogen) atoms. The number of thioether (sulfide) groups is 1. The monoisotopic (exact) mass is 459 g/mol. The van der Waals surface area contributed by atoms with Crippen LogP contribution in [0, 0.1) is 0 Å². The van der Waals surface area contributed by atoms with Crippen molar-refractivity contribution in [3.05, 3.63) is 82.2 Å². The number of benzene rings is 2. The zero-order chi connectivity index (χ0) is 22.6. The number of fused-ring (bicyclic) bond motifs is 1. The Kier molecular flexibility index (Phi) is 6.63. The molecule has 0 bridgehead atoms. The summed E-state index contributed by atoms with van der Waals surface area (Å²) in [5.41, 5.74) is 2.98. The van der Waals surface area contributed by atoms with Gasteiger partial charge in [-0.1, -0.05) is 65.9 Å². The van der Waals surface area contributed by atoms with Gasteiger partial charge in [0.05, 0.1) is 10.9 Å². The second kappa shape index (κ2) is 9.96. The van der Waals surface area contributed by atoms with E-state index in [0.29, 0.717) is 22.6 Å². The Bertz CT molecular complexity index is 1230. The van der Waals surface area contributed by atoms with Crippen molar-refractivity contribution in [3.63, 3.8) is 0 Å².